The van der Waals surface area contributed by atoms with Crippen molar-refractivity contribution in [3.8, 4) is 5.75 Å². The summed E-state index contributed by atoms with van der Waals surface area (Å²) in [6.07, 6.45) is 2.67. The first-order chi connectivity index (χ1) is 13.6. The van der Waals surface area contributed by atoms with Gasteiger partial charge in [0.2, 0.25) is 0 Å². The van der Waals surface area contributed by atoms with E-state index in [1.807, 2.05) is 18.2 Å². The zero-order valence-corrected chi connectivity index (χ0v) is 16.9. The van der Waals surface area contributed by atoms with E-state index >= 15 is 0 Å². The molecule has 0 unspecified atom stereocenters. The summed E-state index contributed by atoms with van der Waals surface area (Å²) in [5, 5.41) is 14.0. The molecule has 1 aliphatic rings. The first-order valence-electron chi connectivity index (χ1n) is 9.45. The van der Waals surface area contributed by atoms with Crippen LogP contribution in [0.4, 0.5) is 0 Å². The maximum Gasteiger partial charge on any atom is 0.126 e. The Morgan fingerprint density at radius 3 is 2.36 bits per heavy atom. The van der Waals surface area contributed by atoms with Crippen molar-refractivity contribution in [2.45, 2.75) is 30.4 Å². The van der Waals surface area contributed by atoms with Crippen molar-refractivity contribution in [2.75, 3.05) is 6.26 Å². The summed E-state index contributed by atoms with van der Waals surface area (Å²) >= 11 is 1.73. The molecule has 2 N–H and O–H groups in total. The van der Waals surface area contributed by atoms with E-state index in [9.17, 15) is 5.11 Å². The molecule has 0 bridgehead atoms. The molecule has 0 aliphatic carbocycles. The minimum Gasteiger partial charge on any atom is -0.508 e. The van der Waals surface area contributed by atoms with E-state index in [2.05, 4.69) is 67.0 Å². The number of nitrogens with one attached hydrogen (secondary N) is 1. The van der Waals surface area contributed by atoms with E-state index in [0.29, 0.717) is 5.75 Å². The predicted octanol–water partition coefficient (Wildman–Crippen LogP) is 5.65. The molecule has 0 radical (unpaired) electrons. The topological polar surface area (TPSA) is 44.6 Å². The normalized spacial score (nSPS) is 19.3. The molecule has 4 rings (SSSR count). The molecular formula is C24H24N2OS. The number of para-hydroxylation sites is 1. The smallest absolute Gasteiger partial charge is 0.126 e. The minimum absolute atomic E-state index is 0.000213. The highest BCUT2D eigenvalue weighted by Gasteiger charge is 2.27. The molecule has 0 aromatic heterocycles. The number of benzene rings is 3. The fourth-order valence-corrected chi connectivity index (χ4v) is 3.97. The van der Waals surface area contributed by atoms with E-state index in [1.165, 1.54) is 10.5 Å². The summed E-state index contributed by atoms with van der Waals surface area (Å²) in [5.41, 5.74) is 5.47. The lowest BCUT2D eigenvalue weighted by molar-refractivity contribution is 0.412. The number of thioether (sulfide) groups is 1. The van der Waals surface area contributed by atoms with E-state index in [0.717, 1.165) is 28.8 Å². The van der Waals surface area contributed by atoms with Crippen LogP contribution >= 0.6 is 11.8 Å². The van der Waals surface area contributed by atoms with Gasteiger partial charge in [-0.25, -0.2) is 0 Å². The second-order valence-electron chi connectivity index (χ2n) is 7.10. The Morgan fingerprint density at radius 1 is 0.964 bits per heavy atom. The Labute approximate surface area is 170 Å². The van der Waals surface area contributed by atoms with Gasteiger partial charge in [-0.1, -0.05) is 60.2 Å². The lowest BCUT2D eigenvalue weighted by Gasteiger charge is -2.31. The van der Waals surface area contributed by atoms with Crippen molar-refractivity contribution in [1.82, 2.24) is 5.32 Å². The van der Waals surface area contributed by atoms with Gasteiger partial charge in [-0.15, -0.1) is 11.8 Å². The number of hydrogen-bond donors (Lipinski definition) is 2. The number of phenols is 1. The van der Waals surface area contributed by atoms with Crippen molar-refractivity contribution in [1.29, 1.82) is 0 Å². The molecule has 0 saturated heterocycles. The van der Waals surface area contributed by atoms with Crippen LogP contribution in [0.1, 0.15) is 40.9 Å². The van der Waals surface area contributed by atoms with Crippen LogP contribution in [0.3, 0.4) is 0 Å². The largest absolute Gasteiger partial charge is 0.508 e. The second-order valence-corrected chi connectivity index (χ2v) is 7.98. The Bertz CT molecular complexity index is 980. The van der Waals surface area contributed by atoms with Gasteiger partial charge in [-0.3, -0.25) is 10.3 Å². The van der Waals surface area contributed by atoms with Gasteiger partial charge in [0.05, 0.1) is 0 Å². The average molecular weight is 389 g/mol. The van der Waals surface area contributed by atoms with Gasteiger partial charge in [0, 0.05) is 28.6 Å². The highest BCUT2D eigenvalue weighted by atomic mass is 32.2. The Kier molecular flexibility index (Phi) is 5.51. The molecule has 0 saturated carbocycles. The summed E-state index contributed by atoms with van der Waals surface area (Å²) < 4.78 is 0. The van der Waals surface area contributed by atoms with Gasteiger partial charge in [-0.2, -0.15) is 0 Å². The van der Waals surface area contributed by atoms with E-state index in [-0.39, 0.29) is 12.2 Å². The molecule has 3 nitrogen and oxygen atoms in total. The maximum absolute atomic E-state index is 10.4. The number of nitrogens with zero attached hydrogens (tertiary/aromatic N) is 1. The molecular weight excluding hydrogens is 364 g/mol. The molecule has 1 heterocycles. The van der Waals surface area contributed by atoms with Crippen molar-refractivity contribution < 1.29 is 5.11 Å². The fourth-order valence-electron chi connectivity index (χ4n) is 3.57. The number of aliphatic imine (C=N–C) groups is 1. The summed E-state index contributed by atoms with van der Waals surface area (Å²) in [7, 11) is 0. The third-order valence-electron chi connectivity index (χ3n) is 5.17. The maximum atomic E-state index is 10.4. The van der Waals surface area contributed by atoms with Crippen LogP contribution in [0, 0.1) is 6.92 Å². The zero-order chi connectivity index (χ0) is 19.5. The van der Waals surface area contributed by atoms with Crippen LogP contribution in [0.15, 0.2) is 82.7 Å². The van der Waals surface area contributed by atoms with Crippen molar-refractivity contribution in [3.63, 3.8) is 0 Å². The van der Waals surface area contributed by atoms with Crippen molar-refractivity contribution in [3.05, 3.63) is 95.1 Å². The summed E-state index contributed by atoms with van der Waals surface area (Å²) in [5.74, 6) is 0.321. The number of phenolic OH excluding ortho intramolecular Hbond substituents is 1. The number of aromatic hydroxyl groups is 1. The Hall–Kier alpha value is -2.56. The van der Waals surface area contributed by atoms with Crippen LogP contribution in [0.25, 0.3) is 0 Å². The van der Waals surface area contributed by atoms with Crippen LogP contribution in [0.5, 0.6) is 5.75 Å². The summed E-state index contributed by atoms with van der Waals surface area (Å²) in [6.45, 7) is 2.09. The second kappa shape index (κ2) is 8.21. The van der Waals surface area contributed by atoms with Crippen molar-refractivity contribution >= 4 is 17.5 Å². The van der Waals surface area contributed by atoms with Crippen LogP contribution < -0.4 is 5.32 Å². The van der Waals surface area contributed by atoms with Gasteiger partial charge in [0.1, 0.15) is 11.9 Å². The van der Waals surface area contributed by atoms with Gasteiger partial charge in [-0.05, 0) is 42.5 Å². The summed E-state index contributed by atoms with van der Waals surface area (Å²) in [4.78, 5) is 6.27. The van der Waals surface area contributed by atoms with Crippen LogP contribution in [0.2, 0.25) is 0 Å². The molecule has 0 amide bonds. The minimum atomic E-state index is -0.148. The first kappa shape index (κ1) is 18.8. The molecule has 2 atom stereocenters. The standard InChI is InChI=1S/C24H24N2OS/c1-16-7-9-17(10-8-16)21-15-22(20-5-3-4-6-23(20)27)26-24(25-21)18-11-13-19(28-2)14-12-18/h3-14,22,24,26-27H,15H2,1-2H3/t22-,24+/m1/s1. The van der Waals surface area contributed by atoms with Gasteiger partial charge >= 0.3 is 0 Å². The highest BCUT2D eigenvalue weighted by molar-refractivity contribution is 7.98. The quantitative estimate of drug-likeness (QED) is 0.568. The zero-order valence-electron chi connectivity index (χ0n) is 16.1. The third-order valence-corrected chi connectivity index (χ3v) is 5.91. The van der Waals surface area contributed by atoms with E-state index < -0.39 is 0 Å². The van der Waals surface area contributed by atoms with E-state index in [4.69, 9.17) is 4.99 Å². The first-order valence-corrected chi connectivity index (χ1v) is 10.7. The molecule has 3 aromatic rings. The predicted molar refractivity (Wildman–Crippen MR) is 117 cm³/mol. The van der Waals surface area contributed by atoms with Crippen LogP contribution in [-0.4, -0.2) is 17.1 Å². The van der Waals surface area contributed by atoms with Gasteiger partial charge in [0.15, 0.2) is 0 Å². The molecule has 28 heavy (non-hydrogen) atoms. The lowest BCUT2D eigenvalue weighted by Crippen LogP contribution is -2.33. The highest BCUT2D eigenvalue weighted by Crippen LogP contribution is 2.34. The SMILES string of the molecule is CSc1ccc([C@H]2N=C(c3ccc(C)cc3)C[C@H](c3ccccc3O)N2)cc1. The molecule has 4 heteroatoms. The number of rotatable bonds is 4. The molecule has 3 aromatic carbocycles. The number of aryl methyl sites for hydroxylation is 1. The van der Waals surface area contributed by atoms with Crippen molar-refractivity contribution in [2.24, 2.45) is 4.99 Å². The molecule has 0 spiro atoms. The number of hydrogen-bond acceptors (Lipinski definition) is 4. The average Bonchev–Trinajstić information content (AvgIpc) is 2.74. The van der Waals surface area contributed by atoms with Gasteiger partial charge < -0.3 is 5.11 Å². The fraction of sp³-hybridized carbons (Fsp3) is 0.208. The molecule has 142 valence electrons. The lowest BCUT2D eigenvalue weighted by atomic mass is 9.93. The molecule has 0 fully saturated rings. The summed E-state index contributed by atoms with van der Waals surface area (Å²) in [6, 6.07) is 24.6. The van der Waals surface area contributed by atoms with Gasteiger partial charge in [0.25, 0.3) is 0 Å². The Balaban J connectivity index is 1.73. The third kappa shape index (κ3) is 3.98. The molecule has 1 aliphatic heterocycles. The van der Waals surface area contributed by atoms with E-state index in [1.54, 1.807) is 17.8 Å². The monoisotopic (exact) mass is 388 g/mol. The van der Waals surface area contributed by atoms with Crippen LogP contribution in [-0.2, 0) is 0 Å². The Morgan fingerprint density at radius 2 is 1.68 bits per heavy atom.